The van der Waals surface area contributed by atoms with Gasteiger partial charge in [-0.25, -0.2) is 0 Å². The van der Waals surface area contributed by atoms with Crippen molar-refractivity contribution in [3.63, 3.8) is 0 Å². The number of hydrogen-bond acceptors (Lipinski definition) is 1. The maximum atomic E-state index is 12.6. The van der Waals surface area contributed by atoms with Gasteiger partial charge in [0.1, 0.15) is 11.3 Å². The summed E-state index contributed by atoms with van der Waals surface area (Å²) in [5.41, 5.74) is -0.285. The standard InChI is InChI=1S/C10H13F3N.H2O/c1-14(2,3)9-7-5-4-6-8(9)10(11,12)13;/h4-7H,1-3H3;1H2/q+1;/p-1. The SMILES string of the molecule is C[N+](C)(C)c1ccccc1C(F)(F)F.[OH-]. The molecule has 1 aromatic rings. The number of hydrogen-bond donors (Lipinski definition) is 0. The van der Waals surface area contributed by atoms with Crippen LogP contribution in [0.1, 0.15) is 5.56 Å². The van der Waals surface area contributed by atoms with Crippen molar-refractivity contribution in [2.75, 3.05) is 21.1 Å². The predicted molar refractivity (Wildman–Crippen MR) is 52.9 cm³/mol. The number of quaternary nitrogens is 1. The maximum absolute atomic E-state index is 12.6. The lowest BCUT2D eigenvalue weighted by atomic mass is 10.1. The normalized spacial score (nSPS) is 12.1. The predicted octanol–water partition coefficient (Wildman–Crippen LogP) is 2.73. The molecule has 0 fully saturated rings. The summed E-state index contributed by atoms with van der Waals surface area (Å²) in [4.78, 5) is 0. The summed E-state index contributed by atoms with van der Waals surface area (Å²) in [7, 11) is 5.14. The van der Waals surface area contributed by atoms with Gasteiger partial charge in [-0.05, 0) is 12.1 Å². The largest absolute Gasteiger partial charge is 0.870 e. The first kappa shape index (κ1) is 13.9. The zero-order valence-corrected chi connectivity index (χ0v) is 8.84. The average Bonchev–Trinajstić information content (AvgIpc) is 2.01. The summed E-state index contributed by atoms with van der Waals surface area (Å²) in [5, 5.41) is 0. The molecule has 1 aromatic carbocycles. The molecular weight excluding hydrogens is 207 g/mol. The number of benzene rings is 1. The first-order valence-corrected chi connectivity index (χ1v) is 4.21. The van der Waals surface area contributed by atoms with Gasteiger partial charge < -0.3 is 5.48 Å². The van der Waals surface area contributed by atoms with Crippen LogP contribution in [0.15, 0.2) is 24.3 Å². The number of nitrogens with zero attached hydrogens (tertiary/aromatic N) is 1. The molecule has 0 aliphatic heterocycles. The first-order chi connectivity index (χ1) is 6.23. The van der Waals surface area contributed by atoms with Gasteiger partial charge in [-0.15, -0.1) is 0 Å². The molecule has 2 nitrogen and oxygen atoms in total. The van der Waals surface area contributed by atoms with E-state index in [4.69, 9.17) is 0 Å². The molecule has 0 heterocycles. The Balaban J connectivity index is 0.00000196. The van der Waals surface area contributed by atoms with Gasteiger partial charge in [0.05, 0.1) is 21.1 Å². The maximum Gasteiger partial charge on any atom is 0.422 e. The third-order valence-corrected chi connectivity index (χ3v) is 1.93. The molecule has 5 heteroatoms. The monoisotopic (exact) mass is 221 g/mol. The van der Waals surface area contributed by atoms with Crippen molar-refractivity contribution in [3.05, 3.63) is 29.8 Å². The molecule has 1 N–H and O–H groups in total. The third-order valence-electron chi connectivity index (χ3n) is 1.93. The van der Waals surface area contributed by atoms with Gasteiger partial charge in [-0.3, -0.25) is 4.48 Å². The number of alkyl halides is 3. The minimum atomic E-state index is -4.28. The van der Waals surface area contributed by atoms with Gasteiger partial charge in [0.25, 0.3) is 0 Å². The Morgan fingerprint density at radius 1 is 1.00 bits per heavy atom. The Kier molecular flexibility index (Phi) is 3.90. The Hall–Kier alpha value is -1.07. The van der Waals surface area contributed by atoms with Gasteiger partial charge in [0, 0.05) is 0 Å². The van der Waals surface area contributed by atoms with Crippen LogP contribution in [0.2, 0.25) is 0 Å². The van der Waals surface area contributed by atoms with Gasteiger partial charge in [0.2, 0.25) is 0 Å². The molecule has 0 saturated carbocycles. The van der Waals surface area contributed by atoms with E-state index in [1.54, 1.807) is 27.2 Å². The number of rotatable bonds is 1. The molecule has 0 saturated heterocycles. The topological polar surface area (TPSA) is 30.0 Å². The van der Waals surface area contributed by atoms with Crippen molar-refractivity contribution >= 4 is 5.69 Å². The first-order valence-electron chi connectivity index (χ1n) is 4.21. The van der Waals surface area contributed by atoms with Gasteiger partial charge in [-0.1, -0.05) is 12.1 Å². The fourth-order valence-electron chi connectivity index (χ4n) is 1.30. The van der Waals surface area contributed by atoms with Gasteiger partial charge in [-0.2, -0.15) is 13.2 Å². The van der Waals surface area contributed by atoms with E-state index >= 15 is 0 Å². The zero-order valence-electron chi connectivity index (χ0n) is 8.84. The summed E-state index contributed by atoms with van der Waals surface area (Å²) in [6.07, 6.45) is -4.28. The minimum absolute atomic E-state index is 0. The Labute approximate surface area is 86.8 Å². The van der Waals surface area contributed by atoms with Crippen LogP contribution in [-0.2, 0) is 6.18 Å². The van der Waals surface area contributed by atoms with Crippen LogP contribution in [-0.4, -0.2) is 26.6 Å². The quantitative estimate of drug-likeness (QED) is 0.670. The Bertz CT molecular complexity index is 295. The number of halogens is 3. The van der Waals surface area contributed by atoms with Crippen molar-refractivity contribution < 1.29 is 18.6 Å². The van der Waals surface area contributed by atoms with E-state index in [0.717, 1.165) is 6.07 Å². The molecule has 0 radical (unpaired) electrons. The van der Waals surface area contributed by atoms with Gasteiger partial charge >= 0.3 is 6.18 Å². The lowest BCUT2D eigenvalue weighted by molar-refractivity contribution is -0.137. The Morgan fingerprint density at radius 3 is 1.80 bits per heavy atom. The van der Waals surface area contributed by atoms with E-state index in [1.807, 2.05) is 0 Å². The smallest absolute Gasteiger partial charge is 0.422 e. The molecule has 15 heavy (non-hydrogen) atoms. The summed E-state index contributed by atoms with van der Waals surface area (Å²) in [6, 6.07) is 5.64. The molecule has 0 amide bonds. The Morgan fingerprint density at radius 2 is 1.47 bits per heavy atom. The highest BCUT2D eigenvalue weighted by Crippen LogP contribution is 2.37. The molecule has 0 spiro atoms. The van der Waals surface area contributed by atoms with Crippen LogP contribution in [0.25, 0.3) is 0 Å². The zero-order chi connectivity index (χ0) is 11.0. The van der Waals surface area contributed by atoms with E-state index in [9.17, 15) is 13.2 Å². The summed E-state index contributed by atoms with van der Waals surface area (Å²) in [6.45, 7) is 0. The molecule has 86 valence electrons. The van der Waals surface area contributed by atoms with Crippen molar-refractivity contribution in [2.24, 2.45) is 0 Å². The lowest BCUT2D eigenvalue weighted by Crippen LogP contribution is -2.36. The van der Waals surface area contributed by atoms with E-state index in [1.165, 1.54) is 12.1 Å². The molecule has 0 aliphatic rings. The van der Waals surface area contributed by atoms with Crippen LogP contribution < -0.4 is 4.48 Å². The van der Waals surface area contributed by atoms with Crippen molar-refractivity contribution in [1.29, 1.82) is 0 Å². The van der Waals surface area contributed by atoms with E-state index in [2.05, 4.69) is 0 Å². The minimum Gasteiger partial charge on any atom is -0.870 e. The van der Waals surface area contributed by atoms with E-state index in [-0.39, 0.29) is 15.6 Å². The highest BCUT2D eigenvalue weighted by molar-refractivity contribution is 5.50. The van der Waals surface area contributed by atoms with Crippen LogP contribution in [0.3, 0.4) is 0 Å². The average molecular weight is 221 g/mol. The fourth-order valence-corrected chi connectivity index (χ4v) is 1.30. The second-order valence-electron chi connectivity index (χ2n) is 4.03. The summed E-state index contributed by atoms with van der Waals surface area (Å²) in [5.74, 6) is 0. The fraction of sp³-hybridized carbons (Fsp3) is 0.400. The second-order valence-corrected chi connectivity index (χ2v) is 4.03. The third kappa shape index (κ3) is 3.21. The molecule has 0 aromatic heterocycles. The van der Waals surface area contributed by atoms with Crippen LogP contribution in [0.5, 0.6) is 0 Å². The molecule has 0 unspecified atom stereocenters. The van der Waals surface area contributed by atoms with E-state index in [0.29, 0.717) is 0 Å². The van der Waals surface area contributed by atoms with Crippen molar-refractivity contribution in [1.82, 2.24) is 4.48 Å². The number of para-hydroxylation sites is 1. The molecule has 0 atom stereocenters. The highest BCUT2D eigenvalue weighted by atomic mass is 19.4. The molecule has 0 aliphatic carbocycles. The van der Waals surface area contributed by atoms with Crippen molar-refractivity contribution in [2.45, 2.75) is 6.18 Å². The highest BCUT2D eigenvalue weighted by Gasteiger charge is 2.37. The molecular formula is C10H14F3NO. The van der Waals surface area contributed by atoms with Gasteiger partial charge in [0.15, 0.2) is 0 Å². The van der Waals surface area contributed by atoms with Crippen LogP contribution in [0, 0.1) is 0 Å². The lowest BCUT2D eigenvalue weighted by Gasteiger charge is -2.26. The van der Waals surface area contributed by atoms with Crippen LogP contribution in [0.4, 0.5) is 18.9 Å². The van der Waals surface area contributed by atoms with E-state index < -0.39 is 11.7 Å². The van der Waals surface area contributed by atoms with Crippen LogP contribution >= 0.6 is 0 Å². The summed E-state index contributed by atoms with van der Waals surface area (Å²) < 4.78 is 37.9. The summed E-state index contributed by atoms with van der Waals surface area (Å²) >= 11 is 0. The molecule has 1 rings (SSSR count). The van der Waals surface area contributed by atoms with Crippen molar-refractivity contribution in [3.8, 4) is 0 Å². The second kappa shape index (κ2) is 4.20. The molecule has 0 bridgehead atoms.